The summed E-state index contributed by atoms with van der Waals surface area (Å²) in [7, 11) is 0. The van der Waals surface area contributed by atoms with Gasteiger partial charge in [0.05, 0.1) is 5.56 Å². The third-order valence-electron chi connectivity index (χ3n) is 4.63. The average Bonchev–Trinajstić information content (AvgIpc) is 2.61. The number of nitrogens with one attached hydrogen (secondary N) is 1. The van der Waals surface area contributed by atoms with Crippen molar-refractivity contribution in [2.24, 2.45) is 0 Å². The van der Waals surface area contributed by atoms with Crippen LogP contribution in [0.2, 0.25) is 0 Å². The number of ether oxygens (including phenoxy) is 1. The van der Waals surface area contributed by atoms with Gasteiger partial charge in [-0.2, -0.15) is 4.73 Å². The van der Waals surface area contributed by atoms with Crippen molar-refractivity contribution >= 4 is 11.9 Å². The standard InChI is InChI=1S/C22H28N2O4/c1-15-12-18(22(3,4)5)13-16(2)19(15)6-9-23-20(25)14-28-21(26)17-7-10-24(27)11-8-17/h7-8,10-13H,6,9,14H2,1-5H3,(H,23,25). The molecular formula is C22H28N2O4. The Morgan fingerprint density at radius 1 is 1.11 bits per heavy atom. The minimum atomic E-state index is -0.639. The van der Waals surface area contributed by atoms with E-state index in [2.05, 4.69) is 52.1 Å². The number of carbonyl (C=O) groups excluding carboxylic acids is 2. The number of esters is 1. The van der Waals surface area contributed by atoms with Gasteiger partial charge in [-0.1, -0.05) is 32.9 Å². The van der Waals surface area contributed by atoms with Crippen LogP contribution in [0.3, 0.4) is 0 Å². The molecule has 1 amide bonds. The number of benzene rings is 1. The van der Waals surface area contributed by atoms with Gasteiger partial charge in [-0.3, -0.25) is 4.79 Å². The molecule has 150 valence electrons. The van der Waals surface area contributed by atoms with E-state index in [1.54, 1.807) is 0 Å². The second kappa shape index (κ2) is 8.87. The SMILES string of the molecule is Cc1cc(C(C)(C)C)cc(C)c1CCNC(=O)COC(=O)c1cc[n+]([O-])cc1. The molecule has 6 nitrogen and oxygen atoms in total. The molecule has 1 aromatic heterocycles. The summed E-state index contributed by atoms with van der Waals surface area (Å²) in [4.78, 5) is 23.8. The molecule has 0 aliphatic carbocycles. The number of carbonyl (C=O) groups is 2. The summed E-state index contributed by atoms with van der Waals surface area (Å²) in [5.74, 6) is -0.995. The molecule has 1 heterocycles. The highest BCUT2D eigenvalue weighted by Crippen LogP contribution is 2.27. The maximum atomic E-state index is 11.9. The summed E-state index contributed by atoms with van der Waals surface area (Å²) in [6, 6.07) is 7.11. The molecule has 0 spiro atoms. The highest BCUT2D eigenvalue weighted by Gasteiger charge is 2.16. The first kappa shape index (κ1) is 21.4. The van der Waals surface area contributed by atoms with E-state index in [1.807, 2.05) is 0 Å². The van der Waals surface area contributed by atoms with Gasteiger partial charge in [0.25, 0.3) is 5.91 Å². The molecule has 0 aliphatic rings. The fourth-order valence-corrected chi connectivity index (χ4v) is 2.96. The van der Waals surface area contributed by atoms with Gasteiger partial charge in [0.15, 0.2) is 19.0 Å². The maximum absolute atomic E-state index is 11.9. The summed E-state index contributed by atoms with van der Waals surface area (Å²) in [6.45, 7) is 10.9. The molecule has 0 bridgehead atoms. The van der Waals surface area contributed by atoms with Crippen molar-refractivity contribution in [3.8, 4) is 0 Å². The fourth-order valence-electron chi connectivity index (χ4n) is 2.96. The van der Waals surface area contributed by atoms with Crippen molar-refractivity contribution in [3.05, 3.63) is 69.7 Å². The van der Waals surface area contributed by atoms with Crippen molar-refractivity contribution in [1.29, 1.82) is 0 Å². The van der Waals surface area contributed by atoms with Gasteiger partial charge >= 0.3 is 5.97 Å². The van der Waals surface area contributed by atoms with Gasteiger partial charge in [-0.05, 0) is 47.9 Å². The Kier molecular flexibility index (Phi) is 6.78. The van der Waals surface area contributed by atoms with Crippen molar-refractivity contribution in [3.63, 3.8) is 0 Å². The van der Waals surface area contributed by atoms with E-state index in [0.717, 1.165) is 0 Å². The zero-order valence-electron chi connectivity index (χ0n) is 17.2. The normalized spacial score (nSPS) is 11.2. The van der Waals surface area contributed by atoms with Gasteiger partial charge in [-0.15, -0.1) is 0 Å². The maximum Gasteiger partial charge on any atom is 0.339 e. The van der Waals surface area contributed by atoms with E-state index < -0.39 is 5.97 Å². The second-order valence-corrected chi connectivity index (χ2v) is 7.96. The number of hydrogen-bond donors (Lipinski definition) is 1. The lowest BCUT2D eigenvalue weighted by Crippen LogP contribution is -2.31. The third kappa shape index (κ3) is 5.81. The summed E-state index contributed by atoms with van der Waals surface area (Å²) in [6.07, 6.45) is 3.11. The quantitative estimate of drug-likeness (QED) is 0.472. The van der Waals surface area contributed by atoms with Crippen molar-refractivity contribution < 1.29 is 19.1 Å². The predicted molar refractivity (Wildman–Crippen MR) is 107 cm³/mol. The lowest BCUT2D eigenvalue weighted by atomic mass is 9.83. The Morgan fingerprint density at radius 3 is 2.21 bits per heavy atom. The second-order valence-electron chi connectivity index (χ2n) is 7.96. The number of hydrogen-bond acceptors (Lipinski definition) is 4. The van der Waals surface area contributed by atoms with Crippen LogP contribution in [-0.4, -0.2) is 25.0 Å². The molecule has 0 aliphatic heterocycles. The summed E-state index contributed by atoms with van der Waals surface area (Å²) >= 11 is 0. The van der Waals surface area contributed by atoms with Crippen LogP contribution in [0, 0.1) is 19.1 Å². The van der Waals surface area contributed by atoms with E-state index >= 15 is 0 Å². The first-order valence-corrected chi connectivity index (χ1v) is 9.31. The molecule has 6 heteroatoms. The lowest BCUT2D eigenvalue weighted by Gasteiger charge is -2.22. The van der Waals surface area contributed by atoms with Gasteiger partial charge < -0.3 is 15.3 Å². The van der Waals surface area contributed by atoms with Gasteiger partial charge in [-0.25, -0.2) is 4.79 Å². The molecule has 1 aromatic carbocycles. The van der Waals surface area contributed by atoms with Crippen molar-refractivity contribution in [2.75, 3.05) is 13.2 Å². The predicted octanol–water partition coefficient (Wildman–Crippen LogP) is 2.75. The van der Waals surface area contributed by atoms with E-state index in [1.165, 1.54) is 46.8 Å². The minimum Gasteiger partial charge on any atom is -0.619 e. The van der Waals surface area contributed by atoms with Gasteiger partial charge in [0, 0.05) is 18.7 Å². The molecule has 2 rings (SSSR count). The Morgan fingerprint density at radius 2 is 1.68 bits per heavy atom. The minimum absolute atomic E-state index is 0.0961. The number of aromatic nitrogens is 1. The molecule has 0 saturated heterocycles. The zero-order valence-corrected chi connectivity index (χ0v) is 17.2. The van der Waals surface area contributed by atoms with Crippen LogP contribution in [0.5, 0.6) is 0 Å². The first-order valence-electron chi connectivity index (χ1n) is 9.31. The van der Waals surface area contributed by atoms with Gasteiger partial charge in [0.1, 0.15) is 0 Å². The largest absolute Gasteiger partial charge is 0.619 e. The Balaban J connectivity index is 1.84. The molecule has 0 unspecified atom stereocenters. The van der Waals surface area contributed by atoms with Crippen molar-refractivity contribution in [2.45, 2.75) is 46.5 Å². The molecule has 0 radical (unpaired) electrons. The van der Waals surface area contributed by atoms with E-state index in [-0.39, 0.29) is 23.5 Å². The molecular weight excluding hydrogens is 356 g/mol. The zero-order chi connectivity index (χ0) is 20.9. The smallest absolute Gasteiger partial charge is 0.339 e. The van der Waals surface area contributed by atoms with Crippen LogP contribution in [0.25, 0.3) is 0 Å². The molecule has 2 aromatic rings. The molecule has 1 N–H and O–H groups in total. The first-order chi connectivity index (χ1) is 13.1. The number of rotatable bonds is 6. The number of aryl methyl sites for hydroxylation is 2. The molecule has 28 heavy (non-hydrogen) atoms. The van der Waals surface area contributed by atoms with Crippen LogP contribution < -0.4 is 10.0 Å². The van der Waals surface area contributed by atoms with Crippen molar-refractivity contribution in [1.82, 2.24) is 5.32 Å². The van der Waals surface area contributed by atoms with E-state index in [9.17, 15) is 14.8 Å². The topological polar surface area (TPSA) is 82.3 Å². The van der Waals surface area contributed by atoms with Crippen LogP contribution in [0.1, 0.15) is 53.4 Å². The molecule has 0 fully saturated rings. The summed E-state index contributed by atoms with van der Waals surface area (Å²) in [5, 5.41) is 13.7. The Labute approximate surface area is 166 Å². The van der Waals surface area contributed by atoms with Crippen LogP contribution in [-0.2, 0) is 21.4 Å². The van der Waals surface area contributed by atoms with Crippen LogP contribution >= 0.6 is 0 Å². The van der Waals surface area contributed by atoms with Gasteiger partial charge in [0.2, 0.25) is 0 Å². The average molecular weight is 384 g/mol. The third-order valence-corrected chi connectivity index (χ3v) is 4.63. The fraction of sp³-hybridized carbons (Fsp3) is 0.409. The number of amides is 1. The number of nitrogens with zero attached hydrogens (tertiary/aromatic N) is 1. The highest BCUT2D eigenvalue weighted by atomic mass is 16.5. The highest BCUT2D eigenvalue weighted by molar-refractivity contribution is 5.91. The lowest BCUT2D eigenvalue weighted by molar-refractivity contribution is -0.605. The Hall–Kier alpha value is -2.89. The summed E-state index contributed by atoms with van der Waals surface area (Å²) in [5.41, 5.74) is 5.27. The van der Waals surface area contributed by atoms with Crippen LogP contribution in [0.15, 0.2) is 36.7 Å². The summed E-state index contributed by atoms with van der Waals surface area (Å²) < 4.78 is 5.54. The molecule has 0 saturated carbocycles. The van der Waals surface area contributed by atoms with Crippen LogP contribution in [0.4, 0.5) is 0 Å². The Bertz CT molecular complexity index is 829. The number of pyridine rings is 1. The van der Waals surface area contributed by atoms with E-state index in [0.29, 0.717) is 17.7 Å². The monoisotopic (exact) mass is 384 g/mol. The van der Waals surface area contributed by atoms with E-state index in [4.69, 9.17) is 4.74 Å². The molecule has 0 atom stereocenters.